The Kier molecular flexibility index (Phi) is 3.95. The number of aromatic nitrogens is 3. The largest absolute Gasteiger partial charge is 0.324 e. The summed E-state index contributed by atoms with van der Waals surface area (Å²) < 4.78 is 2.49. The summed E-state index contributed by atoms with van der Waals surface area (Å²) in [7, 11) is 0. The van der Waals surface area contributed by atoms with Crippen LogP contribution in [0.3, 0.4) is 0 Å². The molecule has 0 aromatic carbocycles. The van der Waals surface area contributed by atoms with Gasteiger partial charge in [-0.1, -0.05) is 36.4 Å². The van der Waals surface area contributed by atoms with Gasteiger partial charge in [-0.05, 0) is 52.2 Å². The Morgan fingerprint density at radius 1 is 1.28 bits per heavy atom. The minimum absolute atomic E-state index is 0.583. The van der Waals surface area contributed by atoms with E-state index in [-0.39, 0.29) is 0 Å². The van der Waals surface area contributed by atoms with Crippen molar-refractivity contribution in [3.8, 4) is 11.4 Å². The Labute approximate surface area is 149 Å². The van der Waals surface area contributed by atoms with Crippen molar-refractivity contribution in [3.05, 3.63) is 65.8 Å². The summed E-state index contributed by atoms with van der Waals surface area (Å²) in [6, 6.07) is 6.76. The molecule has 0 N–H and O–H groups in total. The molecule has 3 heterocycles. The standard InChI is InChI=1S/C22H25N3/c1-5-7-16(12-14(2)3)21-20(19-9-6-8-15(4)23-19)24-22-17-10-11-18(13-17)25(21)22/h5-9,12,17-18H,2,10-11,13H2,1,3-4H3/b7-5-,16-12+. The van der Waals surface area contributed by atoms with Crippen LogP contribution in [0.2, 0.25) is 0 Å². The lowest BCUT2D eigenvalue weighted by Crippen LogP contribution is -2.09. The first kappa shape index (κ1) is 16.1. The molecule has 2 aliphatic rings. The van der Waals surface area contributed by atoms with Gasteiger partial charge in [0.15, 0.2) is 0 Å². The van der Waals surface area contributed by atoms with E-state index < -0.39 is 0 Å². The maximum Gasteiger partial charge on any atom is 0.115 e. The van der Waals surface area contributed by atoms with Gasteiger partial charge in [-0.3, -0.25) is 4.98 Å². The molecule has 2 unspecified atom stereocenters. The van der Waals surface area contributed by atoms with Crippen LogP contribution in [0.25, 0.3) is 17.0 Å². The minimum Gasteiger partial charge on any atom is -0.324 e. The fourth-order valence-corrected chi connectivity index (χ4v) is 4.30. The highest BCUT2D eigenvalue weighted by molar-refractivity contribution is 5.83. The molecule has 0 radical (unpaired) electrons. The number of hydrogen-bond donors (Lipinski definition) is 0. The van der Waals surface area contributed by atoms with Gasteiger partial charge in [0.05, 0.1) is 11.4 Å². The van der Waals surface area contributed by atoms with Gasteiger partial charge in [-0.15, -0.1) is 0 Å². The van der Waals surface area contributed by atoms with Crippen molar-refractivity contribution in [2.24, 2.45) is 0 Å². The Bertz CT molecular complexity index is 898. The van der Waals surface area contributed by atoms with E-state index in [4.69, 9.17) is 9.97 Å². The number of hydrogen-bond acceptors (Lipinski definition) is 2. The van der Waals surface area contributed by atoms with Crippen LogP contribution in [0.15, 0.2) is 48.6 Å². The van der Waals surface area contributed by atoms with E-state index in [1.807, 2.05) is 19.9 Å². The zero-order chi connectivity index (χ0) is 17.6. The monoisotopic (exact) mass is 331 g/mol. The molecule has 25 heavy (non-hydrogen) atoms. The van der Waals surface area contributed by atoms with Crippen LogP contribution < -0.4 is 0 Å². The third-order valence-electron chi connectivity index (χ3n) is 5.23. The highest BCUT2D eigenvalue weighted by Crippen LogP contribution is 2.51. The predicted octanol–water partition coefficient (Wildman–Crippen LogP) is 5.61. The molecule has 0 saturated heterocycles. The minimum atomic E-state index is 0.583. The molecular weight excluding hydrogens is 306 g/mol. The lowest BCUT2D eigenvalue weighted by molar-refractivity contribution is 0.522. The van der Waals surface area contributed by atoms with Gasteiger partial charge in [0.1, 0.15) is 11.5 Å². The van der Waals surface area contributed by atoms with Crippen LogP contribution in [-0.4, -0.2) is 14.5 Å². The SMILES string of the molecule is C=C(C)/C=C(\C=C/C)c1c(-c2cccc(C)n2)nc2n1C1CCC2C1. The molecule has 1 fully saturated rings. The third-order valence-corrected chi connectivity index (χ3v) is 5.23. The van der Waals surface area contributed by atoms with Gasteiger partial charge in [-0.2, -0.15) is 0 Å². The first-order valence-electron chi connectivity index (χ1n) is 9.15. The fraction of sp³-hybridized carbons (Fsp3) is 0.364. The molecule has 2 atom stereocenters. The van der Waals surface area contributed by atoms with Crippen LogP contribution in [0, 0.1) is 6.92 Å². The first-order chi connectivity index (χ1) is 12.1. The molecule has 2 aromatic rings. The average molecular weight is 331 g/mol. The Balaban J connectivity index is 1.98. The van der Waals surface area contributed by atoms with Crippen molar-refractivity contribution < 1.29 is 0 Å². The summed E-state index contributed by atoms with van der Waals surface area (Å²) in [6.07, 6.45) is 10.2. The summed E-state index contributed by atoms with van der Waals surface area (Å²) in [5, 5.41) is 0. The molecule has 4 rings (SSSR count). The van der Waals surface area contributed by atoms with E-state index in [9.17, 15) is 0 Å². The van der Waals surface area contributed by atoms with Crippen molar-refractivity contribution in [1.29, 1.82) is 0 Å². The lowest BCUT2D eigenvalue weighted by atomic mass is 10.0. The molecule has 2 bridgehead atoms. The highest BCUT2D eigenvalue weighted by atomic mass is 15.2. The first-order valence-corrected chi connectivity index (χ1v) is 9.15. The van der Waals surface area contributed by atoms with Crippen LogP contribution >= 0.6 is 0 Å². The van der Waals surface area contributed by atoms with Crippen LogP contribution in [0.4, 0.5) is 0 Å². The Hall–Kier alpha value is -2.42. The second-order valence-corrected chi connectivity index (χ2v) is 7.31. The second kappa shape index (κ2) is 6.14. The zero-order valence-corrected chi connectivity index (χ0v) is 15.3. The number of allylic oxidation sites excluding steroid dienone is 5. The van der Waals surface area contributed by atoms with Gasteiger partial charge in [-0.25, -0.2) is 4.98 Å². The number of rotatable bonds is 4. The van der Waals surface area contributed by atoms with Crippen LogP contribution in [0.5, 0.6) is 0 Å². The molecule has 128 valence electrons. The van der Waals surface area contributed by atoms with Crippen molar-refractivity contribution in [1.82, 2.24) is 14.5 Å². The lowest BCUT2D eigenvalue weighted by Gasteiger charge is -2.18. The highest BCUT2D eigenvalue weighted by Gasteiger charge is 2.41. The average Bonchev–Trinajstić information content (AvgIpc) is 3.26. The number of pyridine rings is 1. The van der Waals surface area contributed by atoms with E-state index >= 15 is 0 Å². The zero-order valence-electron chi connectivity index (χ0n) is 15.3. The molecule has 1 aliphatic heterocycles. The molecule has 3 nitrogen and oxygen atoms in total. The topological polar surface area (TPSA) is 30.7 Å². The summed E-state index contributed by atoms with van der Waals surface area (Å²) in [6.45, 7) is 10.2. The third kappa shape index (κ3) is 2.68. The number of nitrogens with zero attached hydrogens (tertiary/aromatic N) is 3. The van der Waals surface area contributed by atoms with Crippen molar-refractivity contribution in [2.45, 2.75) is 52.0 Å². The van der Waals surface area contributed by atoms with Gasteiger partial charge >= 0.3 is 0 Å². The maximum absolute atomic E-state index is 5.09. The van der Waals surface area contributed by atoms with E-state index in [1.54, 1.807) is 0 Å². The Morgan fingerprint density at radius 3 is 2.84 bits per heavy atom. The second-order valence-electron chi connectivity index (χ2n) is 7.31. The summed E-state index contributed by atoms with van der Waals surface area (Å²) >= 11 is 0. The number of imidazole rings is 1. The van der Waals surface area contributed by atoms with Crippen LogP contribution in [0.1, 0.15) is 62.3 Å². The van der Waals surface area contributed by atoms with Gasteiger partial charge in [0.25, 0.3) is 0 Å². The predicted molar refractivity (Wildman–Crippen MR) is 103 cm³/mol. The summed E-state index contributed by atoms with van der Waals surface area (Å²) in [5.74, 6) is 1.86. The van der Waals surface area contributed by atoms with Crippen molar-refractivity contribution in [2.75, 3.05) is 0 Å². The van der Waals surface area contributed by atoms with Crippen molar-refractivity contribution >= 4 is 5.57 Å². The van der Waals surface area contributed by atoms with E-state index in [0.29, 0.717) is 12.0 Å². The maximum atomic E-state index is 5.09. The summed E-state index contributed by atoms with van der Waals surface area (Å²) in [4.78, 5) is 9.85. The molecular formula is C22H25N3. The summed E-state index contributed by atoms with van der Waals surface area (Å²) in [5.41, 5.74) is 6.45. The van der Waals surface area contributed by atoms with Gasteiger partial charge < -0.3 is 4.57 Å². The smallest absolute Gasteiger partial charge is 0.115 e. The number of fused-ring (bicyclic) bond motifs is 5. The van der Waals surface area contributed by atoms with Crippen molar-refractivity contribution in [3.63, 3.8) is 0 Å². The van der Waals surface area contributed by atoms with E-state index in [0.717, 1.165) is 22.7 Å². The van der Waals surface area contributed by atoms with Crippen LogP contribution in [-0.2, 0) is 0 Å². The Morgan fingerprint density at radius 2 is 2.12 bits per heavy atom. The molecule has 1 aliphatic carbocycles. The van der Waals surface area contributed by atoms with E-state index in [2.05, 4.69) is 48.4 Å². The van der Waals surface area contributed by atoms with Gasteiger partial charge in [0, 0.05) is 23.2 Å². The molecule has 0 spiro atoms. The molecule has 2 aromatic heterocycles. The fourth-order valence-electron chi connectivity index (χ4n) is 4.30. The number of aryl methyl sites for hydroxylation is 1. The molecule has 1 saturated carbocycles. The molecule has 0 amide bonds. The normalized spacial score (nSPS) is 22.0. The quantitative estimate of drug-likeness (QED) is 0.682. The van der Waals surface area contributed by atoms with Gasteiger partial charge in [0.2, 0.25) is 0 Å². The van der Waals surface area contributed by atoms with E-state index in [1.165, 1.54) is 36.4 Å². The molecule has 3 heteroatoms.